The fourth-order valence-electron chi connectivity index (χ4n) is 2.56. The number of hydrogen-bond acceptors (Lipinski definition) is 1. The Balaban J connectivity index is 3.14. The number of hydrogen-bond donors (Lipinski definition) is 1. The molecule has 0 saturated carbocycles. The van der Waals surface area contributed by atoms with Gasteiger partial charge in [-0.25, -0.2) is 0 Å². The summed E-state index contributed by atoms with van der Waals surface area (Å²) in [4.78, 5) is 0. The summed E-state index contributed by atoms with van der Waals surface area (Å²) in [5.74, 6) is 0.772. The summed E-state index contributed by atoms with van der Waals surface area (Å²) in [6, 6.07) is 0. The van der Waals surface area contributed by atoms with Gasteiger partial charge in [0.1, 0.15) is 0 Å². The van der Waals surface area contributed by atoms with Crippen LogP contribution in [0.5, 0.6) is 0 Å². The molecule has 0 aliphatic heterocycles. The maximum absolute atomic E-state index is 8.68. The second-order valence-electron chi connectivity index (χ2n) is 6.24. The summed E-state index contributed by atoms with van der Waals surface area (Å²) in [5.41, 5.74) is 0. The van der Waals surface area contributed by atoms with Crippen LogP contribution in [0.2, 0.25) is 0 Å². The molecular formula is C19H38O. The van der Waals surface area contributed by atoms with Gasteiger partial charge in [0.25, 0.3) is 0 Å². The molecule has 0 spiro atoms. The molecule has 0 rings (SSSR count). The summed E-state index contributed by atoms with van der Waals surface area (Å²) < 4.78 is 0. The molecule has 0 amide bonds. The van der Waals surface area contributed by atoms with E-state index in [4.69, 9.17) is 5.11 Å². The fraction of sp³-hybridized carbons (Fsp3) is 0.895. The summed E-state index contributed by atoms with van der Waals surface area (Å²) in [7, 11) is 0. The molecule has 1 unspecified atom stereocenters. The van der Waals surface area contributed by atoms with Crippen LogP contribution < -0.4 is 0 Å². The molecule has 0 aromatic heterocycles. The average Bonchev–Trinajstić information content (AvgIpc) is 2.46. The van der Waals surface area contributed by atoms with Gasteiger partial charge < -0.3 is 5.11 Å². The molecule has 0 saturated heterocycles. The lowest BCUT2D eigenvalue weighted by Crippen LogP contribution is -1.88. The Morgan fingerprint density at radius 3 is 1.90 bits per heavy atom. The van der Waals surface area contributed by atoms with E-state index < -0.39 is 0 Å². The molecule has 1 atom stereocenters. The van der Waals surface area contributed by atoms with Crippen molar-refractivity contribution in [3.8, 4) is 0 Å². The lowest BCUT2D eigenvalue weighted by molar-refractivity contribution is 0.282. The van der Waals surface area contributed by atoms with E-state index in [9.17, 15) is 0 Å². The van der Waals surface area contributed by atoms with E-state index in [-0.39, 0.29) is 0 Å². The van der Waals surface area contributed by atoms with E-state index in [1.165, 1.54) is 77.0 Å². The molecular weight excluding hydrogens is 244 g/mol. The molecule has 0 aromatic rings. The van der Waals surface area contributed by atoms with Crippen LogP contribution in [0.15, 0.2) is 12.2 Å². The Bertz CT molecular complexity index is 198. The zero-order valence-electron chi connectivity index (χ0n) is 14.1. The van der Waals surface area contributed by atoms with Crippen LogP contribution in [0.4, 0.5) is 0 Å². The predicted molar refractivity (Wildman–Crippen MR) is 91.1 cm³/mol. The summed E-state index contributed by atoms with van der Waals surface area (Å²) in [6.07, 6.45) is 21.9. The highest BCUT2D eigenvalue weighted by atomic mass is 16.2. The van der Waals surface area contributed by atoms with Crippen LogP contribution in [0.25, 0.3) is 0 Å². The van der Waals surface area contributed by atoms with Crippen LogP contribution >= 0.6 is 0 Å². The molecule has 0 aromatic carbocycles. The normalized spacial score (nSPS) is 13.2. The standard InChI is InChI=1S/C19H38O/c1-3-4-16-19(2)17-14-12-10-8-6-5-7-9-11-13-15-18-20/h14,17,19-20H,3-13,15-16,18H2,1-2H3. The van der Waals surface area contributed by atoms with E-state index >= 15 is 0 Å². The Hall–Kier alpha value is -0.300. The third-order valence-electron chi connectivity index (χ3n) is 4.01. The monoisotopic (exact) mass is 282 g/mol. The fourth-order valence-corrected chi connectivity index (χ4v) is 2.56. The van der Waals surface area contributed by atoms with Crippen LogP contribution in [0.1, 0.15) is 97.3 Å². The minimum atomic E-state index is 0.366. The highest BCUT2D eigenvalue weighted by Gasteiger charge is 1.95. The van der Waals surface area contributed by atoms with Crippen molar-refractivity contribution in [3.05, 3.63) is 12.2 Å². The molecule has 0 radical (unpaired) electrons. The number of aliphatic hydroxyl groups is 1. The summed E-state index contributed by atoms with van der Waals surface area (Å²) in [6.45, 7) is 4.97. The van der Waals surface area contributed by atoms with Gasteiger partial charge in [0.2, 0.25) is 0 Å². The maximum Gasteiger partial charge on any atom is 0.0431 e. The van der Waals surface area contributed by atoms with Crippen molar-refractivity contribution < 1.29 is 5.11 Å². The van der Waals surface area contributed by atoms with E-state index in [0.717, 1.165) is 12.3 Å². The SMILES string of the molecule is CCCCC(C)C=CCCCCCCCCCCCO. The van der Waals surface area contributed by atoms with Gasteiger partial charge >= 0.3 is 0 Å². The molecule has 0 fully saturated rings. The van der Waals surface area contributed by atoms with Gasteiger partial charge in [0.05, 0.1) is 0 Å². The lowest BCUT2D eigenvalue weighted by Gasteiger charge is -2.04. The summed E-state index contributed by atoms with van der Waals surface area (Å²) in [5, 5.41) is 8.68. The van der Waals surface area contributed by atoms with Gasteiger partial charge in [-0.3, -0.25) is 0 Å². The smallest absolute Gasteiger partial charge is 0.0431 e. The molecule has 1 N–H and O–H groups in total. The van der Waals surface area contributed by atoms with Crippen molar-refractivity contribution in [3.63, 3.8) is 0 Å². The van der Waals surface area contributed by atoms with E-state index in [2.05, 4.69) is 26.0 Å². The molecule has 0 aliphatic carbocycles. The second kappa shape index (κ2) is 16.8. The van der Waals surface area contributed by atoms with Gasteiger partial charge in [-0.1, -0.05) is 83.8 Å². The molecule has 1 nitrogen and oxygen atoms in total. The van der Waals surface area contributed by atoms with Gasteiger partial charge in [0, 0.05) is 6.61 Å². The second-order valence-corrected chi connectivity index (χ2v) is 6.24. The van der Waals surface area contributed by atoms with Crippen LogP contribution in [0.3, 0.4) is 0 Å². The van der Waals surface area contributed by atoms with Crippen molar-refractivity contribution in [2.24, 2.45) is 5.92 Å². The minimum Gasteiger partial charge on any atom is -0.396 e. The van der Waals surface area contributed by atoms with Gasteiger partial charge in [-0.05, 0) is 31.6 Å². The van der Waals surface area contributed by atoms with Crippen molar-refractivity contribution in [1.29, 1.82) is 0 Å². The van der Waals surface area contributed by atoms with E-state index in [1.54, 1.807) is 0 Å². The predicted octanol–water partition coefficient (Wildman–Crippen LogP) is 6.26. The first-order valence-electron chi connectivity index (χ1n) is 9.08. The lowest BCUT2D eigenvalue weighted by atomic mass is 10.0. The first kappa shape index (κ1) is 19.7. The van der Waals surface area contributed by atoms with Crippen molar-refractivity contribution in [1.82, 2.24) is 0 Å². The van der Waals surface area contributed by atoms with E-state index in [1.807, 2.05) is 0 Å². The van der Waals surface area contributed by atoms with Crippen LogP contribution in [0, 0.1) is 5.92 Å². The Kier molecular flexibility index (Phi) is 16.5. The molecule has 20 heavy (non-hydrogen) atoms. The molecule has 120 valence electrons. The van der Waals surface area contributed by atoms with Gasteiger partial charge in [-0.15, -0.1) is 0 Å². The largest absolute Gasteiger partial charge is 0.396 e. The third-order valence-corrected chi connectivity index (χ3v) is 4.01. The van der Waals surface area contributed by atoms with Crippen molar-refractivity contribution in [2.45, 2.75) is 97.3 Å². The zero-order chi connectivity index (χ0) is 14.9. The first-order valence-corrected chi connectivity index (χ1v) is 9.08. The Morgan fingerprint density at radius 2 is 1.35 bits per heavy atom. The number of aliphatic hydroxyl groups excluding tert-OH is 1. The summed E-state index contributed by atoms with van der Waals surface area (Å²) >= 11 is 0. The minimum absolute atomic E-state index is 0.366. The highest BCUT2D eigenvalue weighted by molar-refractivity contribution is 4.86. The molecule has 0 aliphatic rings. The zero-order valence-corrected chi connectivity index (χ0v) is 14.1. The Morgan fingerprint density at radius 1 is 0.800 bits per heavy atom. The number of rotatable bonds is 15. The highest BCUT2D eigenvalue weighted by Crippen LogP contribution is 2.12. The first-order chi connectivity index (χ1) is 9.81. The molecule has 0 bridgehead atoms. The van der Waals surface area contributed by atoms with Crippen molar-refractivity contribution in [2.75, 3.05) is 6.61 Å². The Labute approximate surface area is 127 Å². The van der Waals surface area contributed by atoms with Crippen LogP contribution in [-0.2, 0) is 0 Å². The molecule has 1 heteroatoms. The molecule has 0 heterocycles. The topological polar surface area (TPSA) is 20.2 Å². The average molecular weight is 283 g/mol. The van der Waals surface area contributed by atoms with Crippen molar-refractivity contribution >= 4 is 0 Å². The number of allylic oxidation sites excluding steroid dienone is 2. The maximum atomic E-state index is 8.68. The van der Waals surface area contributed by atoms with E-state index in [0.29, 0.717) is 6.61 Å². The number of unbranched alkanes of at least 4 members (excludes halogenated alkanes) is 10. The van der Waals surface area contributed by atoms with Crippen LogP contribution in [-0.4, -0.2) is 11.7 Å². The quantitative estimate of drug-likeness (QED) is 0.277. The third kappa shape index (κ3) is 15.8. The van der Waals surface area contributed by atoms with Gasteiger partial charge in [-0.2, -0.15) is 0 Å². The van der Waals surface area contributed by atoms with Gasteiger partial charge in [0.15, 0.2) is 0 Å².